The van der Waals surface area contributed by atoms with Gasteiger partial charge in [0.1, 0.15) is 28.1 Å². The van der Waals surface area contributed by atoms with E-state index in [-0.39, 0.29) is 33.8 Å². The van der Waals surface area contributed by atoms with Crippen LogP contribution in [0.2, 0.25) is 5.02 Å². The molecule has 1 aromatic carbocycles. The first-order valence-electron chi connectivity index (χ1n) is 7.55. The number of nitrogens with zero attached hydrogens (tertiary/aromatic N) is 1. The lowest BCUT2D eigenvalue weighted by Crippen LogP contribution is -2.26. The number of halogens is 3. The van der Waals surface area contributed by atoms with Crippen LogP contribution in [0, 0.1) is 5.82 Å². The summed E-state index contributed by atoms with van der Waals surface area (Å²) < 4.78 is 23.5. The number of nitrogens with two attached hydrogens (primary N) is 1. The maximum atomic E-state index is 13.6. The molecule has 0 radical (unpaired) electrons. The van der Waals surface area contributed by atoms with Gasteiger partial charge in [0.05, 0.1) is 24.9 Å². The van der Waals surface area contributed by atoms with Crippen molar-refractivity contribution in [1.82, 2.24) is 5.32 Å². The van der Waals surface area contributed by atoms with Crippen molar-refractivity contribution in [3.05, 3.63) is 76.1 Å². The smallest absolute Gasteiger partial charge is 0.356 e. The molecule has 1 aromatic heterocycles. The number of aliphatic imine (C=N–C) groups is 1. The largest absolute Gasteiger partial charge is 0.467 e. The minimum absolute atomic E-state index is 0.0392. The van der Waals surface area contributed by atoms with Crippen LogP contribution >= 0.6 is 23.2 Å². The van der Waals surface area contributed by atoms with Gasteiger partial charge in [-0.2, -0.15) is 0 Å². The fourth-order valence-electron chi connectivity index (χ4n) is 1.97. The highest BCUT2D eigenvalue weighted by molar-refractivity contribution is 6.44. The summed E-state index contributed by atoms with van der Waals surface area (Å²) >= 11 is 11.9. The first kappa shape index (κ1) is 20.5. The van der Waals surface area contributed by atoms with Crippen molar-refractivity contribution >= 4 is 40.7 Å². The lowest BCUT2D eigenvalue weighted by atomic mass is 10.1. The molecule has 2 aromatic rings. The molecule has 2 rings (SSSR count). The number of carbonyl (C=O) groups excluding carboxylic acids is 1. The highest BCUT2D eigenvalue weighted by Gasteiger charge is 2.19. The van der Waals surface area contributed by atoms with Gasteiger partial charge in [-0.25, -0.2) is 9.18 Å². The molecule has 27 heavy (non-hydrogen) atoms. The van der Waals surface area contributed by atoms with Gasteiger partial charge in [0.2, 0.25) is 0 Å². The van der Waals surface area contributed by atoms with E-state index >= 15 is 0 Å². The average Bonchev–Trinajstić information content (AvgIpc) is 3.18. The van der Waals surface area contributed by atoms with E-state index in [1.54, 1.807) is 12.1 Å². The zero-order chi connectivity index (χ0) is 20.0. The van der Waals surface area contributed by atoms with Gasteiger partial charge in [0.15, 0.2) is 0 Å². The Kier molecular flexibility index (Phi) is 7.04. The van der Waals surface area contributed by atoms with Gasteiger partial charge in [0.25, 0.3) is 0 Å². The molecular weight excluding hydrogens is 396 g/mol. The molecule has 9 heteroatoms. The number of carbonyl (C=O) groups is 1. The topological polar surface area (TPSA) is 89.8 Å². The second-order valence-electron chi connectivity index (χ2n) is 5.19. The minimum Gasteiger partial charge on any atom is -0.467 e. The maximum absolute atomic E-state index is 13.6. The van der Waals surface area contributed by atoms with Gasteiger partial charge in [-0.3, -0.25) is 4.99 Å². The van der Waals surface area contributed by atoms with Crippen LogP contribution in [0.5, 0.6) is 0 Å². The Balaban J connectivity index is 2.28. The molecular formula is C18H16Cl2FN3O3. The van der Waals surface area contributed by atoms with E-state index in [1.165, 1.54) is 25.5 Å². The zero-order valence-corrected chi connectivity index (χ0v) is 15.8. The Morgan fingerprint density at radius 1 is 1.44 bits per heavy atom. The molecule has 142 valence electrons. The standard InChI is InChI=1S/C18H16Cl2FN3O3/c1-10(11-5-6-13(19)14(21)8-11)24-16(18(25)26-2)15(20)17(22)23-9-12-4-3-7-27-12/h3-8,24H,1,9H2,2H3,(H2,22,23). The molecule has 0 aliphatic heterocycles. The van der Waals surface area contributed by atoms with Crippen LogP contribution in [0.15, 0.2) is 63.3 Å². The van der Waals surface area contributed by atoms with E-state index in [1.807, 2.05) is 0 Å². The Morgan fingerprint density at radius 3 is 2.78 bits per heavy atom. The normalized spacial score (nSPS) is 12.4. The van der Waals surface area contributed by atoms with Gasteiger partial charge >= 0.3 is 5.97 Å². The Bertz CT molecular complexity index is 909. The molecule has 0 aliphatic rings. The third kappa shape index (κ3) is 5.35. The summed E-state index contributed by atoms with van der Waals surface area (Å²) in [4.78, 5) is 16.2. The molecule has 0 bridgehead atoms. The second-order valence-corrected chi connectivity index (χ2v) is 5.98. The van der Waals surface area contributed by atoms with Gasteiger partial charge in [-0.1, -0.05) is 35.8 Å². The molecule has 0 spiro atoms. The van der Waals surface area contributed by atoms with Crippen LogP contribution in [0.3, 0.4) is 0 Å². The van der Waals surface area contributed by atoms with Crippen molar-refractivity contribution in [1.29, 1.82) is 0 Å². The van der Waals surface area contributed by atoms with Crippen molar-refractivity contribution in [2.45, 2.75) is 6.54 Å². The van der Waals surface area contributed by atoms with Crippen molar-refractivity contribution in [2.75, 3.05) is 7.11 Å². The molecule has 0 saturated heterocycles. The number of rotatable bonds is 7. The van der Waals surface area contributed by atoms with Crippen LogP contribution in [0.1, 0.15) is 11.3 Å². The molecule has 6 nitrogen and oxygen atoms in total. The quantitative estimate of drug-likeness (QED) is 0.312. The number of methoxy groups -OCH3 is 1. The molecule has 0 unspecified atom stereocenters. The summed E-state index contributed by atoms with van der Waals surface area (Å²) in [5.41, 5.74) is 6.19. The van der Waals surface area contributed by atoms with Crippen LogP contribution in [0.25, 0.3) is 5.70 Å². The zero-order valence-electron chi connectivity index (χ0n) is 14.3. The fourth-order valence-corrected chi connectivity index (χ4v) is 2.27. The lowest BCUT2D eigenvalue weighted by Gasteiger charge is -2.14. The molecule has 1 heterocycles. The number of amidine groups is 1. The number of hydrogen-bond donors (Lipinski definition) is 2. The van der Waals surface area contributed by atoms with Gasteiger partial charge in [-0.05, 0) is 24.3 Å². The number of furan rings is 1. The Morgan fingerprint density at radius 2 is 2.19 bits per heavy atom. The van der Waals surface area contributed by atoms with E-state index in [0.717, 1.165) is 6.07 Å². The third-order valence-corrected chi connectivity index (χ3v) is 4.05. The SMILES string of the molecule is C=C(NC(C(=O)OC)=C(Cl)C(N)=NCc1ccco1)c1ccc(Cl)c(F)c1. The molecule has 0 saturated carbocycles. The van der Waals surface area contributed by atoms with Crippen molar-refractivity contribution in [2.24, 2.45) is 10.7 Å². The van der Waals surface area contributed by atoms with Gasteiger partial charge in [-0.15, -0.1) is 0 Å². The molecule has 3 N–H and O–H groups in total. The number of hydrogen-bond acceptors (Lipinski definition) is 5. The number of esters is 1. The average molecular weight is 412 g/mol. The number of ether oxygens (including phenoxy) is 1. The Labute approximate surface area is 165 Å². The van der Waals surface area contributed by atoms with E-state index in [2.05, 4.69) is 16.9 Å². The van der Waals surface area contributed by atoms with Gasteiger partial charge in [0, 0.05) is 11.3 Å². The summed E-state index contributed by atoms with van der Waals surface area (Å²) in [7, 11) is 1.18. The summed E-state index contributed by atoms with van der Waals surface area (Å²) in [5.74, 6) is -0.981. The molecule has 0 atom stereocenters. The van der Waals surface area contributed by atoms with Crippen molar-refractivity contribution < 1.29 is 18.3 Å². The summed E-state index contributed by atoms with van der Waals surface area (Å²) in [5, 5.41) is 2.47. The monoisotopic (exact) mass is 411 g/mol. The highest BCUT2D eigenvalue weighted by Crippen LogP contribution is 2.21. The minimum atomic E-state index is -0.799. The van der Waals surface area contributed by atoms with Crippen LogP contribution in [-0.2, 0) is 16.1 Å². The molecule has 0 fully saturated rings. The summed E-state index contributed by atoms with van der Waals surface area (Å²) in [6.45, 7) is 3.90. The fraction of sp³-hybridized carbons (Fsp3) is 0.111. The van der Waals surface area contributed by atoms with Crippen molar-refractivity contribution in [3.63, 3.8) is 0 Å². The van der Waals surface area contributed by atoms with E-state index in [9.17, 15) is 9.18 Å². The van der Waals surface area contributed by atoms with Crippen LogP contribution < -0.4 is 11.1 Å². The third-order valence-electron chi connectivity index (χ3n) is 3.36. The van der Waals surface area contributed by atoms with E-state index < -0.39 is 11.8 Å². The van der Waals surface area contributed by atoms with Crippen LogP contribution in [0.4, 0.5) is 4.39 Å². The predicted octanol–water partition coefficient (Wildman–Crippen LogP) is 3.81. The van der Waals surface area contributed by atoms with Gasteiger partial charge < -0.3 is 20.2 Å². The summed E-state index contributed by atoms with van der Waals surface area (Å²) in [6, 6.07) is 7.47. The number of benzene rings is 1. The predicted molar refractivity (Wildman–Crippen MR) is 103 cm³/mol. The lowest BCUT2D eigenvalue weighted by molar-refractivity contribution is -0.136. The first-order valence-corrected chi connectivity index (χ1v) is 8.31. The first-order chi connectivity index (χ1) is 12.8. The van der Waals surface area contributed by atoms with Crippen LogP contribution in [-0.4, -0.2) is 18.9 Å². The summed E-state index contributed by atoms with van der Waals surface area (Å²) in [6.07, 6.45) is 1.50. The van der Waals surface area contributed by atoms with E-state index in [0.29, 0.717) is 11.3 Å². The van der Waals surface area contributed by atoms with E-state index in [4.69, 9.17) is 38.1 Å². The molecule has 0 aliphatic carbocycles. The highest BCUT2D eigenvalue weighted by atomic mass is 35.5. The second kappa shape index (κ2) is 9.25. The maximum Gasteiger partial charge on any atom is 0.356 e. The van der Waals surface area contributed by atoms with Crippen molar-refractivity contribution in [3.8, 4) is 0 Å². The Hall–Kier alpha value is -2.77. The number of nitrogens with one attached hydrogen (secondary N) is 1. The molecule has 0 amide bonds.